The van der Waals surface area contributed by atoms with E-state index in [1.165, 1.54) is 6.42 Å². The number of carboxylic acid groups (broad SMARTS) is 1. The van der Waals surface area contributed by atoms with Crippen molar-refractivity contribution in [3.05, 3.63) is 46.8 Å². The van der Waals surface area contributed by atoms with E-state index in [1.807, 2.05) is 23.7 Å². The van der Waals surface area contributed by atoms with E-state index in [9.17, 15) is 32.7 Å². The van der Waals surface area contributed by atoms with Gasteiger partial charge in [-0.1, -0.05) is 45.1 Å². The molecule has 0 aliphatic heterocycles. The smallest absolute Gasteiger partial charge is 0.408 e. The molecule has 3 aliphatic carbocycles. The van der Waals surface area contributed by atoms with Crippen LogP contribution in [0, 0.1) is 11.8 Å². The van der Waals surface area contributed by atoms with E-state index in [1.54, 1.807) is 12.1 Å². The Bertz CT molecular complexity index is 1370. The summed E-state index contributed by atoms with van der Waals surface area (Å²) in [7, 11) is 1.85. The number of aliphatic carboxylic acids is 1. The molecule has 3 N–H and O–H groups in total. The standard InChI is InChI=1S/C32H40F3N3O4/c1-18(32(33,34)35)36-28(39)21-12-20(13-23(14-21)31(2)9-10-31)25-17-27(29(40)37-24-15-22(16-24)30(41)42)38(3)26(25)11-19-7-5-4-6-8-19/h12-14,17-19,22,24H,4-11,15-16H2,1-3H3,(H,36,39)(H,37,40)(H,41,42). The van der Waals surface area contributed by atoms with E-state index in [0.29, 0.717) is 30.0 Å². The Morgan fingerprint density at radius 2 is 1.71 bits per heavy atom. The van der Waals surface area contributed by atoms with E-state index < -0.39 is 30.0 Å². The molecule has 2 aromatic rings. The van der Waals surface area contributed by atoms with Crippen molar-refractivity contribution in [3.8, 4) is 11.1 Å². The van der Waals surface area contributed by atoms with Gasteiger partial charge in [0.05, 0.1) is 5.92 Å². The maximum atomic E-state index is 13.4. The first-order valence-corrected chi connectivity index (χ1v) is 15.0. The highest BCUT2D eigenvalue weighted by Gasteiger charge is 2.41. The fourth-order valence-electron chi connectivity index (χ4n) is 6.32. The summed E-state index contributed by atoms with van der Waals surface area (Å²) in [5.41, 5.74) is 3.82. The number of aromatic nitrogens is 1. The molecule has 0 radical (unpaired) electrons. The van der Waals surface area contributed by atoms with Crippen LogP contribution < -0.4 is 10.6 Å². The summed E-state index contributed by atoms with van der Waals surface area (Å²) in [5, 5.41) is 14.3. The van der Waals surface area contributed by atoms with Gasteiger partial charge in [-0.3, -0.25) is 14.4 Å². The van der Waals surface area contributed by atoms with Gasteiger partial charge in [0.2, 0.25) is 0 Å². The normalized spacial score (nSPS) is 22.6. The fourth-order valence-corrected chi connectivity index (χ4v) is 6.32. The topological polar surface area (TPSA) is 100 Å². The van der Waals surface area contributed by atoms with Crippen LogP contribution in [-0.4, -0.2) is 45.7 Å². The second kappa shape index (κ2) is 11.4. The zero-order valence-electron chi connectivity index (χ0n) is 24.4. The van der Waals surface area contributed by atoms with Gasteiger partial charge in [-0.15, -0.1) is 0 Å². The molecule has 1 aromatic heterocycles. The van der Waals surface area contributed by atoms with Gasteiger partial charge < -0.3 is 20.3 Å². The molecule has 1 unspecified atom stereocenters. The van der Waals surface area contributed by atoms with E-state index >= 15 is 0 Å². The molecule has 10 heteroatoms. The van der Waals surface area contributed by atoms with E-state index in [0.717, 1.165) is 68.7 Å². The summed E-state index contributed by atoms with van der Waals surface area (Å²) in [6, 6.07) is 4.97. The van der Waals surface area contributed by atoms with Crippen molar-refractivity contribution in [2.24, 2.45) is 18.9 Å². The van der Waals surface area contributed by atoms with Gasteiger partial charge in [0.25, 0.3) is 11.8 Å². The highest BCUT2D eigenvalue weighted by Crippen LogP contribution is 2.49. The van der Waals surface area contributed by atoms with E-state index in [4.69, 9.17) is 0 Å². The van der Waals surface area contributed by atoms with Gasteiger partial charge in [0, 0.05) is 29.9 Å². The number of hydrogen-bond acceptors (Lipinski definition) is 3. The van der Waals surface area contributed by atoms with Gasteiger partial charge in [-0.2, -0.15) is 13.2 Å². The van der Waals surface area contributed by atoms with Crippen molar-refractivity contribution in [2.45, 2.75) is 102 Å². The van der Waals surface area contributed by atoms with Crippen molar-refractivity contribution in [1.82, 2.24) is 15.2 Å². The number of carboxylic acids is 1. The third-order valence-corrected chi connectivity index (χ3v) is 9.66. The Kier molecular flexibility index (Phi) is 8.20. The number of carbonyl (C=O) groups is 3. The number of halogens is 3. The lowest BCUT2D eigenvalue weighted by molar-refractivity contribution is -0.149. The van der Waals surface area contributed by atoms with Gasteiger partial charge in [-0.05, 0) is 79.7 Å². The number of amides is 2. The minimum absolute atomic E-state index is 0.149. The molecule has 7 nitrogen and oxygen atoms in total. The summed E-state index contributed by atoms with van der Waals surface area (Å²) in [6.45, 7) is 3.01. The SMILES string of the molecule is CC(NC(=O)c1cc(-c2cc(C(=O)NC3CC(C(=O)O)C3)n(C)c2CC2CCCCC2)cc(C2(C)CC2)c1)C(F)(F)F. The van der Waals surface area contributed by atoms with Crippen molar-refractivity contribution in [3.63, 3.8) is 0 Å². The molecule has 1 heterocycles. The molecule has 0 bridgehead atoms. The van der Waals surface area contributed by atoms with E-state index in [2.05, 4.69) is 17.6 Å². The average Bonchev–Trinajstić information content (AvgIpc) is 3.59. The molecule has 228 valence electrons. The molecule has 0 spiro atoms. The van der Waals surface area contributed by atoms with Crippen molar-refractivity contribution < 1.29 is 32.7 Å². The molecule has 1 aromatic carbocycles. The van der Waals surface area contributed by atoms with Gasteiger partial charge in [0.1, 0.15) is 11.7 Å². The highest BCUT2D eigenvalue weighted by atomic mass is 19.4. The molecule has 1 atom stereocenters. The Balaban J connectivity index is 1.52. The Hall–Kier alpha value is -3.30. The first-order valence-electron chi connectivity index (χ1n) is 15.0. The third kappa shape index (κ3) is 6.37. The summed E-state index contributed by atoms with van der Waals surface area (Å²) >= 11 is 0. The monoisotopic (exact) mass is 587 g/mol. The first-order chi connectivity index (χ1) is 19.7. The highest BCUT2D eigenvalue weighted by molar-refractivity contribution is 5.98. The minimum Gasteiger partial charge on any atom is -0.481 e. The molecule has 3 fully saturated rings. The number of hydrogen-bond donors (Lipinski definition) is 3. The van der Waals surface area contributed by atoms with Crippen LogP contribution in [0.15, 0.2) is 24.3 Å². The van der Waals surface area contributed by atoms with Crippen LogP contribution in [0.4, 0.5) is 13.2 Å². The van der Waals surface area contributed by atoms with Gasteiger partial charge >= 0.3 is 12.1 Å². The molecular weight excluding hydrogens is 547 g/mol. The minimum atomic E-state index is -4.56. The van der Waals surface area contributed by atoms with Crippen molar-refractivity contribution >= 4 is 17.8 Å². The summed E-state index contributed by atoms with van der Waals surface area (Å²) < 4.78 is 41.6. The maximum absolute atomic E-state index is 13.4. The predicted molar refractivity (Wildman–Crippen MR) is 152 cm³/mol. The largest absolute Gasteiger partial charge is 0.481 e. The number of benzene rings is 1. The molecule has 3 saturated carbocycles. The fraction of sp³-hybridized carbons (Fsp3) is 0.594. The second-order valence-corrected chi connectivity index (χ2v) is 12.9. The summed E-state index contributed by atoms with van der Waals surface area (Å²) in [4.78, 5) is 37.7. The van der Waals surface area contributed by atoms with Crippen LogP contribution in [0.2, 0.25) is 0 Å². The van der Waals surface area contributed by atoms with Crippen LogP contribution in [0.1, 0.15) is 104 Å². The lowest BCUT2D eigenvalue weighted by atomic mass is 9.80. The quantitative estimate of drug-likeness (QED) is 0.328. The first kappa shape index (κ1) is 30.2. The van der Waals surface area contributed by atoms with Crippen LogP contribution in [0.3, 0.4) is 0 Å². The second-order valence-electron chi connectivity index (χ2n) is 12.9. The van der Waals surface area contributed by atoms with Gasteiger partial charge in [0.15, 0.2) is 0 Å². The predicted octanol–water partition coefficient (Wildman–Crippen LogP) is 6.14. The lowest BCUT2D eigenvalue weighted by Gasteiger charge is -2.32. The average molecular weight is 588 g/mol. The molecule has 42 heavy (non-hydrogen) atoms. The molecule has 2 amide bonds. The third-order valence-electron chi connectivity index (χ3n) is 9.66. The Morgan fingerprint density at radius 1 is 1.05 bits per heavy atom. The molecule has 5 rings (SSSR count). The number of alkyl halides is 3. The van der Waals surface area contributed by atoms with Gasteiger partial charge in [-0.25, -0.2) is 0 Å². The Labute approximate surface area is 244 Å². The number of rotatable bonds is 9. The number of carbonyl (C=O) groups excluding carboxylic acids is 2. The van der Waals surface area contributed by atoms with Crippen LogP contribution >= 0.6 is 0 Å². The molecule has 0 saturated heterocycles. The number of nitrogens with one attached hydrogen (secondary N) is 2. The zero-order chi connectivity index (χ0) is 30.4. The Morgan fingerprint density at radius 3 is 2.31 bits per heavy atom. The van der Waals surface area contributed by atoms with Crippen LogP contribution in [0.5, 0.6) is 0 Å². The van der Waals surface area contributed by atoms with Crippen molar-refractivity contribution in [2.75, 3.05) is 0 Å². The summed E-state index contributed by atoms with van der Waals surface area (Å²) in [5.74, 6) is -1.93. The summed E-state index contributed by atoms with van der Waals surface area (Å²) in [6.07, 6.45) is 4.51. The number of nitrogens with zero attached hydrogens (tertiary/aromatic N) is 1. The lowest BCUT2D eigenvalue weighted by Crippen LogP contribution is -2.47. The zero-order valence-corrected chi connectivity index (χ0v) is 24.4. The van der Waals surface area contributed by atoms with Crippen molar-refractivity contribution in [1.29, 1.82) is 0 Å². The maximum Gasteiger partial charge on any atom is 0.408 e. The molecular formula is C32H40F3N3O4. The van der Waals surface area contributed by atoms with Crippen LogP contribution in [-0.2, 0) is 23.7 Å². The van der Waals surface area contributed by atoms with Crippen LogP contribution in [0.25, 0.3) is 11.1 Å². The van der Waals surface area contributed by atoms with E-state index in [-0.39, 0.29) is 22.9 Å². The molecule has 3 aliphatic rings.